The summed E-state index contributed by atoms with van der Waals surface area (Å²) in [6.45, 7) is 13.6. The third-order valence-electron chi connectivity index (χ3n) is 10.8. The van der Waals surface area contributed by atoms with Crippen LogP contribution in [0.2, 0.25) is 8.87 Å². The van der Waals surface area contributed by atoms with Gasteiger partial charge in [-0.25, -0.2) is 0 Å². The fourth-order valence-electron chi connectivity index (χ4n) is 7.37. The van der Waals surface area contributed by atoms with Gasteiger partial charge in [-0.2, -0.15) is 0 Å². The summed E-state index contributed by atoms with van der Waals surface area (Å²) in [7, 11) is 0. The van der Waals surface area contributed by atoms with Crippen LogP contribution >= 0.6 is 22.7 Å². The molecule has 2 aromatic rings. The molecule has 0 bridgehead atoms. The van der Waals surface area contributed by atoms with Gasteiger partial charge in [0.15, 0.2) is 0 Å². The van der Waals surface area contributed by atoms with Crippen molar-refractivity contribution in [2.75, 3.05) is 0 Å². The molecule has 2 heterocycles. The molecule has 0 aliphatic carbocycles. The van der Waals surface area contributed by atoms with Crippen molar-refractivity contribution < 1.29 is 15.7 Å². The topological polar surface area (TPSA) is 52.6 Å². The van der Waals surface area contributed by atoms with E-state index in [-0.39, 0.29) is 11.9 Å². The Labute approximate surface area is 327 Å². The van der Waals surface area contributed by atoms with Gasteiger partial charge in [-0.3, -0.25) is 0 Å². The first-order valence-corrected chi connectivity index (χ1v) is 29.5. The minimum atomic E-state index is -4.16. The van der Waals surface area contributed by atoms with E-state index < -0.39 is 19.2 Å². The van der Waals surface area contributed by atoms with Crippen LogP contribution in [0.4, 0.5) is 0 Å². The van der Waals surface area contributed by atoms with Gasteiger partial charge in [0.25, 0.3) is 0 Å². The average Bonchev–Trinajstić information content (AvgIpc) is 3.75. The molecule has 0 aromatic carbocycles. The Kier molecular flexibility index (Phi) is 25.9. The minimum absolute atomic E-state index is 0.167. The molecule has 0 aliphatic rings. The first-order chi connectivity index (χ1) is 24.8. The van der Waals surface area contributed by atoms with E-state index in [9.17, 15) is 9.59 Å². The van der Waals surface area contributed by atoms with Gasteiger partial charge < -0.3 is 0 Å². The maximum atomic E-state index is 14.0. The molecule has 0 aliphatic heterocycles. The van der Waals surface area contributed by atoms with E-state index in [0.717, 1.165) is 70.0 Å². The molecule has 51 heavy (non-hydrogen) atoms. The summed E-state index contributed by atoms with van der Waals surface area (Å²) in [5.41, 5.74) is 2.61. The Morgan fingerprint density at radius 3 is 1.29 bits per heavy atom. The van der Waals surface area contributed by atoms with Crippen molar-refractivity contribution in [2.24, 2.45) is 11.8 Å². The molecule has 0 saturated carbocycles. The van der Waals surface area contributed by atoms with Crippen molar-refractivity contribution in [1.82, 2.24) is 0 Å². The standard InChI is InChI=1S/2C14H22O2S.2C8H17.Sn/c2*1-3-5-6-11(4-2)9-12-7-8-17-13(12)10-14(15)16;2*1-3-5-7-8-6-4-2;/h2*7-8,11H,3-6,9-10H2,1-2H3,(H,15,16);2*1,3-8H2,2H3;/q;;;;+2/p-2. The van der Waals surface area contributed by atoms with Crippen LogP contribution in [0.5, 0.6) is 0 Å². The molecule has 2 aromatic heterocycles. The van der Waals surface area contributed by atoms with Crippen LogP contribution in [0.15, 0.2) is 22.9 Å². The number of rotatable bonds is 32. The molecular weight excluding hydrogens is 775 g/mol. The fourth-order valence-corrected chi connectivity index (χ4v) is 18.4. The number of unbranched alkanes of at least 4 members (excludes halogenated alkanes) is 12. The zero-order valence-electron chi connectivity index (χ0n) is 33.8. The summed E-state index contributed by atoms with van der Waals surface area (Å²) in [5, 5.41) is 4.27. The Bertz CT molecular complexity index is 1080. The van der Waals surface area contributed by atoms with E-state index in [1.54, 1.807) is 22.7 Å². The van der Waals surface area contributed by atoms with Crippen LogP contribution in [0.25, 0.3) is 0 Å². The van der Waals surface area contributed by atoms with E-state index in [2.05, 4.69) is 64.4 Å². The van der Waals surface area contributed by atoms with Crippen molar-refractivity contribution in [3.63, 3.8) is 0 Å². The number of carbonyl (C=O) groups is 2. The van der Waals surface area contributed by atoms with Gasteiger partial charge >= 0.3 is 330 Å². The average molecular weight is 852 g/mol. The summed E-state index contributed by atoms with van der Waals surface area (Å²) in [4.78, 5) is 30.3. The van der Waals surface area contributed by atoms with E-state index in [1.807, 2.05) is 0 Å². The van der Waals surface area contributed by atoms with Crippen molar-refractivity contribution >= 4 is 53.8 Å². The molecule has 292 valence electrons. The van der Waals surface area contributed by atoms with E-state index in [1.165, 1.54) is 101 Å². The first kappa shape index (κ1) is 46.3. The predicted molar refractivity (Wildman–Crippen MR) is 224 cm³/mol. The zero-order valence-corrected chi connectivity index (χ0v) is 38.3. The van der Waals surface area contributed by atoms with Crippen LogP contribution in [0.3, 0.4) is 0 Å². The second-order valence-electron chi connectivity index (χ2n) is 15.2. The Hall–Kier alpha value is -0.861. The van der Waals surface area contributed by atoms with E-state index in [0.29, 0.717) is 24.7 Å². The summed E-state index contributed by atoms with van der Waals surface area (Å²) >= 11 is -0.795. The van der Waals surface area contributed by atoms with Crippen LogP contribution in [0.1, 0.15) is 191 Å². The molecular formula is C44H76O4S2Sn. The molecule has 0 N–H and O–H groups in total. The zero-order chi connectivity index (χ0) is 37.2. The molecule has 0 amide bonds. The summed E-state index contributed by atoms with van der Waals surface area (Å²) in [6, 6.07) is 4.43. The van der Waals surface area contributed by atoms with E-state index in [4.69, 9.17) is 6.15 Å². The molecule has 0 spiro atoms. The van der Waals surface area contributed by atoms with Crippen LogP contribution in [0, 0.1) is 11.8 Å². The summed E-state index contributed by atoms with van der Waals surface area (Å²) in [6.07, 6.45) is 26.4. The van der Waals surface area contributed by atoms with Crippen LogP contribution in [-0.2, 0) is 41.4 Å². The Morgan fingerprint density at radius 1 is 0.549 bits per heavy atom. The molecule has 0 saturated heterocycles. The Morgan fingerprint density at radius 2 is 0.922 bits per heavy atom. The van der Waals surface area contributed by atoms with Gasteiger partial charge in [0.05, 0.1) is 0 Å². The van der Waals surface area contributed by atoms with Gasteiger partial charge in [-0.1, -0.05) is 0 Å². The normalized spacial score (nSPS) is 13.0. The predicted octanol–water partition coefficient (Wildman–Crippen LogP) is 14.4. The summed E-state index contributed by atoms with van der Waals surface area (Å²) in [5.74, 6) is 0.962. The number of carbonyl (C=O) groups excluding carboxylic acids is 2. The molecule has 0 fully saturated rings. The van der Waals surface area contributed by atoms with Gasteiger partial charge in [0.2, 0.25) is 0 Å². The second-order valence-corrected chi connectivity index (χ2v) is 26.4. The molecule has 2 unspecified atom stereocenters. The van der Waals surface area contributed by atoms with Gasteiger partial charge in [0.1, 0.15) is 0 Å². The molecule has 2 atom stereocenters. The monoisotopic (exact) mass is 852 g/mol. The SMILES string of the molecule is CCCCCCC[CH2][Sn]([CH2]CCCCCCC)([O]C(=O)Cc1sccc1CC(CC)CCCC)[O]C(=O)Cc1sccc1CC(CC)CCCC. The van der Waals surface area contributed by atoms with Crippen molar-refractivity contribution in [3.8, 4) is 0 Å². The third kappa shape index (κ3) is 19.3. The quantitative estimate of drug-likeness (QED) is 0.0543. The molecule has 0 radical (unpaired) electrons. The number of thiophene rings is 2. The van der Waals surface area contributed by atoms with Crippen molar-refractivity contribution in [1.29, 1.82) is 0 Å². The maximum absolute atomic E-state index is 14.0. The first-order valence-electron chi connectivity index (χ1n) is 21.4. The van der Waals surface area contributed by atoms with Gasteiger partial charge in [-0.15, -0.1) is 0 Å². The molecule has 7 heteroatoms. The number of hydrogen-bond donors (Lipinski definition) is 0. The second kappa shape index (κ2) is 28.6. The van der Waals surface area contributed by atoms with Gasteiger partial charge in [-0.05, 0) is 0 Å². The molecule has 2 rings (SSSR count). The third-order valence-corrected chi connectivity index (χ3v) is 22.5. The summed E-state index contributed by atoms with van der Waals surface area (Å²) < 4.78 is 15.0. The van der Waals surface area contributed by atoms with Gasteiger partial charge in [0, 0.05) is 0 Å². The van der Waals surface area contributed by atoms with E-state index >= 15 is 0 Å². The van der Waals surface area contributed by atoms with Crippen LogP contribution < -0.4 is 0 Å². The van der Waals surface area contributed by atoms with Crippen molar-refractivity contribution in [2.45, 2.75) is 205 Å². The van der Waals surface area contributed by atoms with Crippen molar-refractivity contribution in [3.05, 3.63) is 43.8 Å². The molecule has 4 nitrogen and oxygen atoms in total. The van der Waals surface area contributed by atoms with Crippen LogP contribution in [-0.4, -0.2) is 31.1 Å². The fraction of sp³-hybridized carbons (Fsp3) is 0.773. The Balaban J connectivity index is 2.28. The number of hydrogen-bond acceptors (Lipinski definition) is 6.